The summed E-state index contributed by atoms with van der Waals surface area (Å²) >= 11 is 0. The highest BCUT2D eigenvalue weighted by molar-refractivity contribution is 5.79. The average molecular weight is 209 g/mol. The van der Waals surface area contributed by atoms with Crippen LogP contribution in [0.2, 0.25) is 0 Å². The Kier molecular flexibility index (Phi) is 2.78. The average Bonchev–Trinajstić information content (AvgIpc) is 2.74. The van der Waals surface area contributed by atoms with Gasteiger partial charge in [-0.1, -0.05) is 27.7 Å². The summed E-state index contributed by atoms with van der Waals surface area (Å²) in [7, 11) is 0. The second-order valence-corrected chi connectivity index (χ2v) is 5.86. The van der Waals surface area contributed by atoms with Gasteiger partial charge >= 0.3 is 0 Å². The van der Waals surface area contributed by atoms with Gasteiger partial charge in [-0.2, -0.15) is 0 Å². The number of hydrogen-bond donors (Lipinski definition) is 0. The van der Waals surface area contributed by atoms with Crippen LogP contribution in [0, 0.1) is 17.8 Å². The van der Waals surface area contributed by atoms with E-state index < -0.39 is 0 Å². The van der Waals surface area contributed by atoms with E-state index in [2.05, 4.69) is 18.7 Å². The van der Waals surface area contributed by atoms with Crippen molar-refractivity contribution in [1.82, 2.24) is 4.90 Å². The summed E-state index contributed by atoms with van der Waals surface area (Å²) in [6, 6.07) is 1.09. The molecule has 0 aromatic heterocycles. The van der Waals surface area contributed by atoms with Gasteiger partial charge in [0.2, 0.25) is 5.91 Å². The molecule has 2 nitrogen and oxygen atoms in total. The molecule has 2 aliphatic rings. The molecule has 2 bridgehead atoms. The molecule has 0 aromatic carbocycles. The minimum atomic E-state index is 0.158. The maximum atomic E-state index is 12.2. The summed E-state index contributed by atoms with van der Waals surface area (Å²) in [6.07, 6.45) is 3.85. The number of piperidine rings is 1. The lowest BCUT2D eigenvalue weighted by Gasteiger charge is -2.38. The van der Waals surface area contributed by atoms with E-state index in [4.69, 9.17) is 0 Å². The van der Waals surface area contributed by atoms with Crippen LogP contribution in [-0.4, -0.2) is 22.9 Å². The van der Waals surface area contributed by atoms with Crippen LogP contribution in [0.25, 0.3) is 0 Å². The molecule has 0 spiro atoms. The van der Waals surface area contributed by atoms with Gasteiger partial charge < -0.3 is 4.90 Å². The second kappa shape index (κ2) is 3.80. The Morgan fingerprint density at radius 1 is 1.20 bits per heavy atom. The predicted octanol–water partition coefficient (Wildman–Crippen LogP) is 2.68. The molecule has 1 heterocycles. The summed E-state index contributed by atoms with van der Waals surface area (Å²) in [5.41, 5.74) is 0. The lowest BCUT2D eigenvalue weighted by atomic mass is 9.89. The second-order valence-electron chi connectivity index (χ2n) is 5.86. The minimum absolute atomic E-state index is 0.158. The summed E-state index contributed by atoms with van der Waals surface area (Å²) in [5.74, 6) is 1.94. The lowest BCUT2D eigenvalue weighted by Crippen LogP contribution is -2.49. The van der Waals surface area contributed by atoms with E-state index in [0.717, 1.165) is 5.92 Å². The maximum Gasteiger partial charge on any atom is 0.225 e. The molecular weight excluding hydrogens is 186 g/mol. The van der Waals surface area contributed by atoms with E-state index in [-0.39, 0.29) is 5.92 Å². The van der Waals surface area contributed by atoms with E-state index in [1.807, 2.05) is 13.8 Å². The van der Waals surface area contributed by atoms with Crippen molar-refractivity contribution in [2.75, 3.05) is 0 Å². The number of hydrogen-bond acceptors (Lipinski definition) is 1. The SMILES string of the molecule is CC(C)C(=O)N1C2CCC(C2)C1C(C)C. The van der Waals surface area contributed by atoms with Crippen molar-refractivity contribution in [2.45, 2.75) is 59.0 Å². The molecule has 2 rings (SSSR count). The monoisotopic (exact) mass is 209 g/mol. The van der Waals surface area contributed by atoms with E-state index in [9.17, 15) is 4.79 Å². The molecule has 1 saturated carbocycles. The van der Waals surface area contributed by atoms with Crippen molar-refractivity contribution >= 4 is 5.91 Å². The quantitative estimate of drug-likeness (QED) is 0.684. The molecule has 0 N–H and O–H groups in total. The zero-order chi connectivity index (χ0) is 11.2. The van der Waals surface area contributed by atoms with Crippen molar-refractivity contribution in [3.8, 4) is 0 Å². The fourth-order valence-electron chi connectivity index (χ4n) is 3.52. The van der Waals surface area contributed by atoms with Gasteiger partial charge in [-0.25, -0.2) is 0 Å². The van der Waals surface area contributed by atoms with Gasteiger partial charge in [0.05, 0.1) is 0 Å². The van der Waals surface area contributed by atoms with Crippen LogP contribution < -0.4 is 0 Å². The van der Waals surface area contributed by atoms with Gasteiger partial charge in [-0.15, -0.1) is 0 Å². The highest BCUT2D eigenvalue weighted by Gasteiger charge is 2.49. The fourth-order valence-corrected chi connectivity index (χ4v) is 3.52. The zero-order valence-electron chi connectivity index (χ0n) is 10.4. The largest absolute Gasteiger partial charge is 0.336 e. The van der Waals surface area contributed by atoms with Gasteiger partial charge in [0, 0.05) is 18.0 Å². The number of likely N-dealkylation sites (tertiary alicyclic amines) is 1. The highest BCUT2D eigenvalue weighted by atomic mass is 16.2. The Labute approximate surface area is 93.0 Å². The molecule has 0 radical (unpaired) electrons. The lowest BCUT2D eigenvalue weighted by molar-refractivity contribution is -0.140. The number of rotatable bonds is 2. The van der Waals surface area contributed by atoms with Crippen molar-refractivity contribution in [3.63, 3.8) is 0 Å². The molecule has 1 aliphatic heterocycles. The number of amides is 1. The van der Waals surface area contributed by atoms with Gasteiger partial charge in [0.1, 0.15) is 0 Å². The smallest absolute Gasteiger partial charge is 0.225 e. The Balaban J connectivity index is 2.18. The number of carbonyl (C=O) groups excluding carboxylic acids is 1. The number of fused-ring (bicyclic) bond motifs is 2. The van der Waals surface area contributed by atoms with Crippen LogP contribution in [0.4, 0.5) is 0 Å². The first-order chi connectivity index (χ1) is 7.02. The molecular formula is C13H23NO. The highest BCUT2D eigenvalue weighted by Crippen LogP contribution is 2.45. The third-order valence-corrected chi connectivity index (χ3v) is 4.07. The van der Waals surface area contributed by atoms with E-state index in [1.165, 1.54) is 19.3 Å². The van der Waals surface area contributed by atoms with E-state index >= 15 is 0 Å². The molecule has 1 saturated heterocycles. The van der Waals surface area contributed by atoms with Crippen molar-refractivity contribution in [1.29, 1.82) is 0 Å². The Hall–Kier alpha value is -0.530. The number of carbonyl (C=O) groups is 1. The zero-order valence-corrected chi connectivity index (χ0v) is 10.4. The normalized spacial score (nSPS) is 34.5. The summed E-state index contributed by atoms with van der Waals surface area (Å²) in [6.45, 7) is 8.55. The minimum Gasteiger partial charge on any atom is -0.336 e. The van der Waals surface area contributed by atoms with Crippen molar-refractivity contribution < 1.29 is 4.79 Å². The standard InChI is InChI=1S/C13H23NO/c1-8(2)12-10-5-6-11(7-10)14(12)13(15)9(3)4/h8-12H,5-7H2,1-4H3. The van der Waals surface area contributed by atoms with E-state index in [0.29, 0.717) is 23.9 Å². The molecule has 2 heteroatoms. The molecule has 86 valence electrons. The third kappa shape index (κ3) is 1.68. The van der Waals surface area contributed by atoms with Crippen LogP contribution in [0.5, 0.6) is 0 Å². The van der Waals surface area contributed by atoms with Crippen molar-refractivity contribution in [2.24, 2.45) is 17.8 Å². The van der Waals surface area contributed by atoms with Crippen LogP contribution in [0.3, 0.4) is 0 Å². The maximum absolute atomic E-state index is 12.2. The first kappa shape index (κ1) is 11.0. The molecule has 0 aromatic rings. The van der Waals surface area contributed by atoms with E-state index in [1.54, 1.807) is 0 Å². The van der Waals surface area contributed by atoms with Gasteiger partial charge in [0.15, 0.2) is 0 Å². The molecule has 1 amide bonds. The van der Waals surface area contributed by atoms with Gasteiger partial charge in [-0.3, -0.25) is 4.79 Å². The van der Waals surface area contributed by atoms with Gasteiger partial charge in [0.25, 0.3) is 0 Å². The Morgan fingerprint density at radius 2 is 1.87 bits per heavy atom. The summed E-state index contributed by atoms with van der Waals surface area (Å²) in [5, 5.41) is 0. The fraction of sp³-hybridized carbons (Fsp3) is 0.923. The Bertz CT molecular complexity index is 259. The van der Waals surface area contributed by atoms with Crippen LogP contribution in [-0.2, 0) is 4.79 Å². The molecule has 3 atom stereocenters. The first-order valence-corrected chi connectivity index (χ1v) is 6.34. The van der Waals surface area contributed by atoms with Crippen molar-refractivity contribution in [3.05, 3.63) is 0 Å². The molecule has 1 aliphatic carbocycles. The molecule has 15 heavy (non-hydrogen) atoms. The van der Waals surface area contributed by atoms with Crippen LogP contribution >= 0.6 is 0 Å². The first-order valence-electron chi connectivity index (χ1n) is 6.34. The van der Waals surface area contributed by atoms with Gasteiger partial charge in [-0.05, 0) is 31.1 Å². The third-order valence-electron chi connectivity index (χ3n) is 4.07. The number of nitrogens with zero attached hydrogens (tertiary/aromatic N) is 1. The van der Waals surface area contributed by atoms with Crippen LogP contribution in [0.15, 0.2) is 0 Å². The van der Waals surface area contributed by atoms with Crippen LogP contribution in [0.1, 0.15) is 47.0 Å². The Morgan fingerprint density at radius 3 is 2.40 bits per heavy atom. The predicted molar refractivity (Wildman–Crippen MR) is 61.4 cm³/mol. The molecule has 3 unspecified atom stereocenters. The topological polar surface area (TPSA) is 20.3 Å². The molecule has 2 fully saturated rings. The summed E-state index contributed by atoms with van der Waals surface area (Å²) < 4.78 is 0. The summed E-state index contributed by atoms with van der Waals surface area (Å²) in [4.78, 5) is 14.4.